The van der Waals surface area contributed by atoms with Crippen LogP contribution in [0.2, 0.25) is 0 Å². The summed E-state index contributed by atoms with van der Waals surface area (Å²) in [5, 5.41) is 2.71. The number of aryl methyl sites for hydroxylation is 2. The van der Waals surface area contributed by atoms with Crippen molar-refractivity contribution in [1.82, 2.24) is 0 Å². The number of hydrogen-bond donors (Lipinski definition) is 1. The summed E-state index contributed by atoms with van der Waals surface area (Å²) in [6, 6.07) is 12.1. The maximum absolute atomic E-state index is 12.5. The Morgan fingerprint density at radius 2 is 1.71 bits per heavy atom. The average molecular weight is 467 g/mol. The van der Waals surface area contributed by atoms with Crippen LogP contribution in [0.15, 0.2) is 42.5 Å². The molecule has 2 aromatic carbocycles. The van der Waals surface area contributed by atoms with Crippen molar-refractivity contribution in [3.8, 4) is 0 Å². The quantitative estimate of drug-likeness (QED) is 0.446. The molecule has 1 fully saturated rings. The van der Waals surface area contributed by atoms with Crippen molar-refractivity contribution in [1.29, 1.82) is 0 Å². The summed E-state index contributed by atoms with van der Waals surface area (Å²) in [4.78, 5) is 50.6. The highest BCUT2D eigenvalue weighted by atomic mass is 16.5. The van der Waals surface area contributed by atoms with E-state index in [0.717, 1.165) is 24.0 Å². The van der Waals surface area contributed by atoms with E-state index in [-0.39, 0.29) is 18.9 Å². The molecule has 1 atom stereocenters. The number of rotatable bonds is 9. The molecule has 3 rings (SSSR count). The second kappa shape index (κ2) is 11.4. The molecule has 1 N–H and O–H groups in total. The number of nitrogens with zero attached hydrogens (tertiary/aromatic N) is 1. The van der Waals surface area contributed by atoms with Crippen molar-refractivity contribution >= 4 is 35.1 Å². The fourth-order valence-electron chi connectivity index (χ4n) is 3.78. The number of benzene rings is 2. The van der Waals surface area contributed by atoms with Gasteiger partial charge in [-0.3, -0.25) is 14.4 Å². The third kappa shape index (κ3) is 6.66. The van der Waals surface area contributed by atoms with E-state index in [1.807, 2.05) is 39.0 Å². The fraction of sp³-hybridized carbons (Fsp3) is 0.385. The van der Waals surface area contributed by atoms with Gasteiger partial charge in [-0.25, -0.2) is 4.79 Å². The third-order valence-electron chi connectivity index (χ3n) is 5.46. The topological polar surface area (TPSA) is 102 Å². The number of carbonyl (C=O) groups excluding carboxylic acids is 4. The Labute approximate surface area is 199 Å². The minimum Gasteiger partial charge on any atom is -0.462 e. The van der Waals surface area contributed by atoms with E-state index < -0.39 is 30.4 Å². The molecule has 2 aromatic rings. The van der Waals surface area contributed by atoms with Crippen LogP contribution < -0.4 is 10.2 Å². The van der Waals surface area contributed by atoms with Crippen LogP contribution >= 0.6 is 0 Å². The SMILES string of the molecule is CCCCOC(=O)c1ccc(N2C[C@H](C(=O)OCC(=O)Nc3cc(C)cc(C)c3)CC2=O)cc1. The highest BCUT2D eigenvalue weighted by Crippen LogP contribution is 2.26. The molecule has 0 bridgehead atoms. The van der Waals surface area contributed by atoms with E-state index in [4.69, 9.17) is 9.47 Å². The second-order valence-corrected chi connectivity index (χ2v) is 8.47. The lowest BCUT2D eigenvalue weighted by Crippen LogP contribution is -2.28. The molecule has 180 valence electrons. The number of carbonyl (C=O) groups is 4. The molecular weight excluding hydrogens is 436 g/mol. The summed E-state index contributed by atoms with van der Waals surface area (Å²) < 4.78 is 10.3. The van der Waals surface area contributed by atoms with Gasteiger partial charge in [-0.05, 0) is 67.8 Å². The molecule has 0 aliphatic carbocycles. The van der Waals surface area contributed by atoms with Gasteiger partial charge >= 0.3 is 11.9 Å². The Kier molecular flexibility index (Phi) is 8.40. The smallest absolute Gasteiger partial charge is 0.338 e. The maximum atomic E-state index is 12.5. The minimum atomic E-state index is -0.666. The lowest BCUT2D eigenvalue weighted by atomic mass is 10.1. The Hall–Kier alpha value is -3.68. The molecule has 8 heteroatoms. The Balaban J connectivity index is 1.51. The molecule has 0 radical (unpaired) electrons. The van der Waals surface area contributed by atoms with E-state index in [0.29, 0.717) is 23.5 Å². The van der Waals surface area contributed by atoms with Crippen molar-refractivity contribution in [2.24, 2.45) is 5.92 Å². The first kappa shape index (κ1) is 25.0. The third-order valence-corrected chi connectivity index (χ3v) is 5.46. The number of amides is 2. The number of anilines is 2. The zero-order valence-electron chi connectivity index (χ0n) is 19.8. The van der Waals surface area contributed by atoms with Gasteiger partial charge in [0.25, 0.3) is 5.91 Å². The molecule has 0 unspecified atom stereocenters. The van der Waals surface area contributed by atoms with Gasteiger partial charge in [0.1, 0.15) is 0 Å². The van der Waals surface area contributed by atoms with Crippen LogP contribution in [-0.2, 0) is 23.9 Å². The first-order chi connectivity index (χ1) is 16.3. The Morgan fingerprint density at radius 3 is 2.35 bits per heavy atom. The van der Waals surface area contributed by atoms with Gasteiger partial charge in [-0.2, -0.15) is 0 Å². The van der Waals surface area contributed by atoms with Crippen LogP contribution in [0.25, 0.3) is 0 Å². The highest BCUT2D eigenvalue weighted by molar-refractivity contribution is 6.00. The van der Waals surface area contributed by atoms with Crippen molar-refractivity contribution in [3.63, 3.8) is 0 Å². The van der Waals surface area contributed by atoms with Crippen LogP contribution in [0.3, 0.4) is 0 Å². The molecule has 8 nitrogen and oxygen atoms in total. The van der Waals surface area contributed by atoms with E-state index in [1.165, 1.54) is 4.90 Å². The number of esters is 2. The normalized spacial score (nSPS) is 15.2. The van der Waals surface area contributed by atoms with E-state index in [2.05, 4.69) is 5.32 Å². The summed E-state index contributed by atoms with van der Waals surface area (Å²) in [7, 11) is 0. The monoisotopic (exact) mass is 466 g/mol. The molecule has 0 aromatic heterocycles. The van der Waals surface area contributed by atoms with Crippen molar-refractivity contribution < 1.29 is 28.7 Å². The lowest BCUT2D eigenvalue weighted by molar-refractivity contribution is -0.151. The van der Waals surface area contributed by atoms with Crippen molar-refractivity contribution in [2.45, 2.75) is 40.0 Å². The van der Waals surface area contributed by atoms with Gasteiger partial charge in [-0.1, -0.05) is 19.4 Å². The van der Waals surface area contributed by atoms with Crippen LogP contribution in [-0.4, -0.2) is 43.5 Å². The molecule has 1 heterocycles. The first-order valence-corrected chi connectivity index (χ1v) is 11.4. The maximum Gasteiger partial charge on any atom is 0.338 e. The zero-order chi connectivity index (χ0) is 24.7. The van der Waals surface area contributed by atoms with Gasteiger partial charge in [-0.15, -0.1) is 0 Å². The molecule has 1 aliphatic heterocycles. The van der Waals surface area contributed by atoms with Crippen LogP contribution in [0.4, 0.5) is 11.4 Å². The molecule has 1 aliphatic rings. The minimum absolute atomic E-state index is 0.00165. The van der Waals surface area contributed by atoms with Gasteiger partial charge in [0.2, 0.25) is 5.91 Å². The number of nitrogens with one attached hydrogen (secondary N) is 1. The van der Waals surface area contributed by atoms with Gasteiger partial charge in [0.15, 0.2) is 6.61 Å². The zero-order valence-corrected chi connectivity index (χ0v) is 19.8. The summed E-state index contributed by atoms with van der Waals surface area (Å²) >= 11 is 0. The predicted octanol–water partition coefficient (Wildman–Crippen LogP) is 3.80. The van der Waals surface area contributed by atoms with E-state index in [1.54, 1.807) is 24.3 Å². The molecule has 34 heavy (non-hydrogen) atoms. The van der Waals surface area contributed by atoms with Gasteiger partial charge in [0, 0.05) is 24.3 Å². The van der Waals surface area contributed by atoms with Gasteiger partial charge in [0.05, 0.1) is 18.1 Å². The van der Waals surface area contributed by atoms with Crippen LogP contribution in [0.5, 0.6) is 0 Å². The standard InChI is InChI=1S/C26H30N2O6/c1-4-5-10-33-25(31)19-6-8-22(9-7-19)28-15-20(14-24(28)30)26(32)34-16-23(29)27-21-12-17(2)11-18(3)13-21/h6-9,11-13,20H,4-5,10,14-16H2,1-3H3,(H,27,29)/t20-/m1/s1. The van der Waals surface area contributed by atoms with E-state index >= 15 is 0 Å². The predicted molar refractivity (Wildman–Crippen MR) is 128 cm³/mol. The Morgan fingerprint density at radius 1 is 1.03 bits per heavy atom. The molecular formula is C26H30N2O6. The van der Waals surface area contributed by atoms with Crippen LogP contribution in [0, 0.1) is 19.8 Å². The lowest BCUT2D eigenvalue weighted by Gasteiger charge is -2.17. The largest absolute Gasteiger partial charge is 0.462 e. The molecule has 0 spiro atoms. The first-order valence-electron chi connectivity index (χ1n) is 11.4. The fourth-order valence-corrected chi connectivity index (χ4v) is 3.78. The number of ether oxygens (including phenoxy) is 2. The van der Waals surface area contributed by atoms with Crippen LogP contribution in [0.1, 0.15) is 47.7 Å². The molecule has 0 saturated carbocycles. The number of unbranched alkanes of at least 4 members (excludes halogenated alkanes) is 1. The molecule has 2 amide bonds. The highest BCUT2D eigenvalue weighted by Gasteiger charge is 2.36. The van der Waals surface area contributed by atoms with Crippen molar-refractivity contribution in [2.75, 3.05) is 30.0 Å². The number of hydrogen-bond acceptors (Lipinski definition) is 6. The summed E-state index contributed by atoms with van der Waals surface area (Å²) in [5.41, 5.74) is 3.64. The summed E-state index contributed by atoms with van der Waals surface area (Å²) in [6.07, 6.45) is 1.74. The summed E-state index contributed by atoms with van der Waals surface area (Å²) in [6.45, 7) is 5.96. The van der Waals surface area contributed by atoms with Crippen molar-refractivity contribution in [3.05, 3.63) is 59.2 Å². The summed E-state index contributed by atoms with van der Waals surface area (Å²) in [5.74, 6) is -2.34. The molecule has 1 saturated heterocycles. The average Bonchev–Trinajstić information content (AvgIpc) is 3.18. The Bertz CT molecular complexity index is 1040. The van der Waals surface area contributed by atoms with Gasteiger partial charge < -0.3 is 19.7 Å². The second-order valence-electron chi connectivity index (χ2n) is 8.47. The van der Waals surface area contributed by atoms with E-state index in [9.17, 15) is 19.2 Å².